The lowest BCUT2D eigenvalue weighted by Crippen LogP contribution is -2.41. The highest BCUT2D eigenvalue weighted by atomic mass is 19.1. The first-order valence-corrected chi connectivity index (χ1v) is 4.57. The molecule has 1 aliphatic heterocycles. The van der Waals surface area contributed by atoms with Gasteiger partial charge in [-0.05, 0) is 34.6 Å². The number of alkyl halides is 2. The lowest BCUT2D eigenvalue weighted by Gasteiger charge is -2.30. The first-order chi connectivity index (χ1) is 6.22. The van der Waals surface area contributed by atoms with Gasteiger partial charge >= 0.3 is 0 Å². The summed E-state index contributed by atoms with van der Waals surface area (Å²) in [7, 11) is 0.500. The van der Waals surface area contributed by atoms with Gasteiger partial charge in [-0.3, -0.25) is 4.39 Å². The normalized spacial score (nSPS) is 26.6. The van der Waals surface area contributed by atoms with Gasteiger partial charge in [0, 0.05) is 0 Å². The van der Waals surface area contributed by atoms with Crippen LogP contribution in [0, 0.1) is 0 Å². The minimum absolute atomic E-state index is 0.437. The highest BCUT2D eigenvalue weighted by Gasteiger charge is 2.54. The van der Waals surface area contributed by atoms with Gasteiger partial charge in [0.2, 0.25) is 0 Å². The molecule has 0 aromatic carbocycles. The smallest absolute Gasteiger partial charge is 0.195 e. The van der Waals surface area contributed by atoms with Gasteiger partial charge < -0.3 is 9.47 Å². The third-order valence-corrected chi connectivity index (χ3v) is 2.63. The summed E-state index contributed by atoms with van der Waals surface area (Å²) in [5.74, 6) is -1.06. The zero-order valence-electron chi connectivity index (χ0n) is 9.78. The molecular weight excluding hydrogens is 190 g/mol. The van der Waals surface area contributed by atoms with E-state index in [9.17, 15) is 8.78 Å². The summed E-state index contributed by atoms with van der Waals surface area (Å²) < 4.78 is 33.0. The molecule has 0 aromatic heterocycles. The van der Waals surface area contributed by atoms with Crippen LogP contribution >= 0.6 is 0 Å². The Balaban J connectivity index is 0.000000791. The summed E-state index contributed by atoms with van der Waals surface area (Å²) in [6.07, 6.45) is 0. The summed E-state index contributed by atoms with van der Waals surface area (Å²) in [5.41, 5.74) is -0.873. The highest BCUT2D eigenvalue weighted by Crippen LogP contribution is 2.43. The molecule has 1 aliphatic rings. The first kappa shape index (κ1) is 13.8. The summed E-state index contributed by atoms with van der Waals surface area (Å²) in [5, 5.41) is 0. The van der Waals surface area contributed by atoms with E-state index in [0.717, 1.165) is 0 Å². The molecule has 0 aromatic rings. The van der Waals surface area contributed by atoms with Crippen molar-refractivity contribution in [1.82, 2.24) is 0 Å². The largest absolute Gasteiger partial charge is 0.339 e. The number of rotatable bonds is 1. The molecule has 0 radical (unpaired) electrons. The zero-order chi connectivity index (χ0) is 11.6. The van der Waals surface area contributed by atoms with Crippen LogP contribution in [-0.2, 0) is 9.47 Å². The molecule has 4 heteroatoms. The standard InChI is InChI=1S/C9H17FO2.CH3F/c1-7(2)8(3,4)12-9(5,6-10)11-7;1-2/h6H2,1-5H3;1H3. The van der Waals surface area contributed by atoms with Crippen LogP contribution in [0.15, 0.2) is 0 Å². The van der Waals surface area contributed by atoms with Crippen molar-refractivity contribution >= 4 is 0 Å². The molecule has 2 nitrogen and oxygen atoms in total. The highest BCUT2D eigenvalue weighted by molar-refractivity contribution is 4.97. The van der Waals surface area contributed by atoms with Crippen LogP contribution in [-0.4, -0.2) is 30.8 Å². The number of hydrogen-bond acceptors (Lipinski definition) is 2. The molecular formula is C10H20F2O2. The average Bonchev–Trinajstić information content (AvgIpc) is 2.21. The van der Waals surface area contributed by atoms with Crippen molar-refractivity contribution in [2.45, 2.75) is 51.6 Å². The third kappa shape index (κ3) is 2.42. The maximum atomic E-state index is 12.5. The lowest BCUT2D eigenvalue weighted by atomic mass is 9.90. The van der Waals surface area contributed by atoms with Crippen LogP contribution < -0.4 is 0 Å². The summed E-state index contributed by atoms with van der Waals surface area (Å²) in [4.78, 5) is 0. The van der Waals surface area contributed by atoms with Gasteiger partial charge in [-0.1, -0.05) is 0 Å². The van der Waals surface area contributed by atoms with E-state index in [-0.39, 0.29) is 0 Å². The van der Waals surface area contributed by atoms with E-state index in [1.54, 1.807) is 6.92 Å². The summed E-state index contributed by atoms with van der Waals surface area (Å²) in [6, 6.07) is 0. The van der Waals surface area contributed by atoms with Crippen molar-refractivity contribution in [3.8, 4) is 0 Å². The Morgan fingerprint density at radius 2 is 1.14 bits per heavy atom. The van der Waals surface area contributed by atoms with Crippen molar-refractivity contribution in [2.75, 3.05) is 13.9 Å². The van der Waals surface area contributed by atoms with Gasteiger partial charge in [-0.25, -0.2) is 4.39 Å². The Morgan fingerprint density at radius 1 is 0.857 bits per heavy atom. The molecule has 0 atom stereocenters. The third-order valence-electron chi connectivity index (χ3n) is 2.63. The monoisotopic (exact) mass is 210 g/mol. The predicted molar refractivity (Wildman–Crippen MR) is 51.7 cm³/mol. The molecule has 0 bridgehead atoms. The van der Waals surface area contributed by atoms with Crippen LogP contribution in [0.3, 0.4) is 0 Å². The average molecular weight is 210 g/mol. The molecule has 0 saturated carbocycles. The van der Waals surface area contributed by atoms with E-state index in [0.29, 0.717) is 7.18 Å². The molecule has 0 unspecified atom stereocenters. The lowest BCUT2D eigenvalue weighted by molar-refractivity contribution is -0.187. The fourth-order valence-electron chi connectivity index (χ4n) is 1.40. The Hall–Kier alpha value is -0.220. The SMILES string of the molecule is CC1(CF)OC(C)(C)C(C)(C)O1.CF. The van der Waals surface area contributed by atoms with Gasteiger partial charge in [0.15, 0.2) is 5.79 Å². The molecule has 0 N–H and O–H groups in total. The molecule has 1 fully saturated rings. The maximum Gasteiger partial charge on any atom is 0.195 e. The Morgan fingerprint density at radius 3 is 1.29 bits per heavy atom. The topological polar surface area (TPSA) is 18.5 Å². The van der Waals surface area contributed by atoms with E-state index in [1.807, 2.05) is 27.7 Å². The van der Waals surface area contributed by atoms with Gasteiger partial charge in [-0.15, -0.1) is 0 Å². The minimum atomic E-state index is -1.06. The fourth-order valence-corrected chi connectivity index (χ4v) is 1.40. The quantitative estimate of drug-likeness (QED) is 0.662. The summed E-state index contributed by atoms with van der Waals surface area (Å²) >= 11 is 0. The van der Waals surface area contributed by atoms with Crippen LogP contribution in [0.4, 0.5) is 8.78 Å². The number of ether oxygens (including phenoxy) is 2. The predicted octanol–water partition coefficient (Wildman–Crippen LogP) is 2.86. The molecule has 14 heavy (non-hydrogen) atoms. The molecule has 0 spiro atoms. The van der Waals surface area contributed by atoms with Gasteiger partial charge in [0.1, 0.15) is 6.67 Å². The van der Waals surface area contributed by atoms with E-state index in [4.69, 9.17) is 9.47 Å². The van der Waals surface area contributed by atoms with Gasteiger partial charge in [0.05, 0.1) is 18.4 Å². The van der Waals surface area contributed by atoms with Crippen molar-refractivity contribution in [3.05, 3.63) is 0 Å². The van der Waals surface area contributed by atoms with Gasteiger partial charge in [0.25, 0.3) is 0 Å². The second-order valence-electron chi connectivity index (χ2n) is 4.49. The zero-order valence-corrected chi connectivity index (χ0v) is 9.78. The van der Waals surface area contributed by atoms with Crippen LogP contribution in [0.1, 0.15) is 34.6 Å². The summed E-state index contributed by atoms with van der Waals surface area (Å²) in [6.45, 7) is 8.66. The van der Waals surface area contributed by atoms with E-state index in [2.05, 4.69) is 0 Å². The second kappa shape index (κ2) is 4.11. The van der Waals surface area contributed by atoms with E-state index in [1.165, 1.54) is 0 Å². The van der Waals surface area contributed by atoms with Crippen molar-refractivity contribution < 1.29 is 18.3 Å². The van der Waals surface area contributed by atoms with Crippen LogP contribution in [0.25, 0.3) is 0 Å². The Kier molecular flexibility index (Phi) is 4.04. The minimum Gasteiger partial charge on any atom is -0.339 e. The second-order valence-corrected chi connectivity index (χ2v) is 4.49. The number of hydrogen-bond donors (Lipinski definition) is 0. The number of halogens is 2. The first-order valence-electron chi connectivity index (χ1n) is 4.57. The van der Waals surface area contributed by atoms with Crippen LogP contribution in [0.5, 0.6) is 0 Å². The van der Waals surface area contributed by atoms with E-state index < -0.39 is 23.7 Å². The van der Waals surface area contributed by atoms with Crippen molar-refractivity contribution in [1.29, 1.82) is 0 Å². The molecule has 0 amide bonds. The fraction of sp³-hybridized carbons (Fsp3) is 1.00. The molecule has 1 rings (SSSR count). The maximum absolute atomic E-state index is 12.5. The van der Waals surface area contributed by atoms with Crippen molar-refractivity contribution in [3.63, 3.8) is 0 Å². The Bertz CT molecular complexity index is 175. The molecule has 1 saturated heterocycles. The van der Waals surface area contributed by atoms with Crippen LogP contribution in [0.2, 0.25) is 0 Å². The Labute approximate surface area is 84.6 Å². The van der Waals surface area contributed by atoms with Crippen molar-refractivity contribution in [2.24, 2.45) is 0 Å². The van der Waals surface area contributed by atoms with E-state index >= 15 is 0 Å². The molecule has 86 valence electrons. The van der Waals surface area contributed by atoms with Gasteiger partial charge in [-0.2, -0.15) is 0 Å². The molecule has 1 heterocycles. The molecule has 0 aliphatic carbocycles.